The van der Waals surface area contributed by atoms with Gasteiger partial charge in [0.15, 0.2) is 11.5 Å². The molecule has 0 aliphatic carbocycles. The minimum atomic E-state index is -4.24. The van der Waals surface area contributed by atoms with E-state index in [9.17, 15) is 12.8 Å². The largest absolute Gasteiger partial charge is 0.497 e. The van der Waals surface area contributed by atoms with Gasteiger partial charge in [0.2, 0.25) is 0 Å². The van der Waals surface area contributed by atoms with Gasteiger partial charge in [-0.05, 0) is 65.9 Å². The molecule has 0 fully saturated rings. The van der Waals surface area contributed by atoms with Crippen molar-refractivity contribution in [2.75, 3.05) is 20.8 Å². The number of fused-ring (bicyclic) bond motifs is 4. The normalized spacial score (nSPS) is 17.5. The molecule has 0 radical (unpaired) electrons. The zero-order valence-corrected chi connectivity index (χ0v) is 19.2. The summed E-state index contributed by atoms with van der Waals surface area (Å²) in [5, 5.41) is 0. The molecule has 0 aromatic heterocycles. The number of rotatable bonds is 5. The molecule has 6 nitrogen and oxygen atoms in total. The highest BCUT2D eigenvalue weighted by Gasteiger charge is 2.35. The van der Waals surface area contributed by atoms with E-state index in [1.54, 1.807) is 13.2 Å². The Morgan fingerprint density at radius 2 is 1.85 bits per heavy atom. The Kier molecular flexibility index (Phi) is 5.50. The molecule has 2 aliphatic rings. The molecule has 2 heterocycles. The molecule has 1 atom stereocenters. The molecule has 0 unspecified atom stereocenters. The maximum absolute atomic E-state index is 13.7. The molecule has 33 heavy (non-hydrogen) atoms. The van der Waals surface area contributed by atoms with Crippen LogP contribution in [-0.2, 0) is 29.5 Å². The third-order valence-corrected chi connectivity index (χ3v) is 7.63. The molecule has 3 aromatic carbocycles. The van der Waals surface area contributed by atoms with Gasteiger partial charge in [-0.2, -0.15) is 8.42 Å². The first-order valence-corrected chi connectivity index (χ1v) is 12.1. The molecule has 3 aromatic rings. The number of nitrogens with zero attached hydrogens (tertiary/aromatic N) is 1. The van der Waals surface area contributed by atoms with E-state index in [0.717, 1.165) is 42.3 Å². The standard InChI is InChI=1S/C25H24FNO5S/c1-30-19-7-8-21-17(12-19)10-11-27-15-22-16(13-23(21)27)6-9-24(31-2)25(22)32-33(28,29)20-5-3-4-18(26)14-20/h3-9,12,14,23H,10-11,13,15H2,1-2H3/t23-/m0/s1. The van der Waals surface area contributed by atoms with Crippen LogP contribution in [0.1, 0.15) is 28.3 Å². The first kappa shape index (κ1) is 21.7. The van der Waals surface area contributed by atoms with Crippen molar-refractivity contribution in [2.24, 2.45) is 0 Å². The fraction of sp³-hybridized carbons (Fsp3) is 0.280. The maximum Gasteiger partial charge on any atom is 0.339 e. The molecular formula is C25H24FNO5S. The molecule has 0 bridgehead atoms. The van der Waals surface area contributed by atoms with Crippen LogP contribution in [0.25, 0.3) is 0 Å². The summed E-state index contributed by atoms with van der Waals surface area (Å²) in [7, 11) is -1.10. The van der Waals surface area contributed by atoms with Gasteiger partial charge in [0.05, 0.1) is 14.2 Å². The predicted molar refractivity (Wildman–Crippen MR) is 121 cm³/mol. The third kappa shape index (κ3) is 3.94. The van der Waals surface area contributed by atoms with Crippen molar-refractivity contribution in [3.8, 4) is 17.2 Å². The summed E-state index contributed by atoms with van der Waals surface area (Å²) in [4.78, 5) is 2.09. The zero-order chi connectivity index (χ0) is 23.2. The van der Waals surface area contributed by atoms with Crippen LogP contribution in [0.3, 0.4) is 0 Å². The van der Waals surface area contributed by atoms with E-state index in [4.69, 9.17) is 13.7 Å². The molecule has 0 spiro atoms. The van der Waals surface area contributed by atoms with Gasteiger partial charge < -0.3 is 13.7 Å². The maximum atomic E-state index is 13.7. The monoisotopic (exact) mass is 469 g/mol. The van der Waals surface area contributed by atoms with Crippen molar-refractivity contribution in [3.05, 3.63) is 82.7 Å². The van der Waals surface area contributed by atoms with Gasteiger partial charge in [0.1, 0.15) is 16.5 Å². The summed E-state index contributed by atoms with van der Waals surface area (Å²) in [6.45, 7) is 1.36. The van der Waals surface area contributed by atoms with Gasteiger partial charge >= 0.3 is 10.1 Å². The number of methoxy groups -OCH3 is 2. The Labute approximate surface area is 192 Å². The molecule has 0 saturated heterocycles. The second kappa shape index (κ2) is 8.35. The molecule has 0 saturated carbocycles. The quantitative estimate of drug-likeness (QED) is 0.520. The first-order valence-electron chi connectivity index (χ1n) is 10.7. The van der Waals surface area contributed by atoms with Crippen molar-refractivity contribution in [3.63, 3.8) is 0 Å². The number of ether oxygens (including phenoxy) is 2. The lowest BCUT2D eigenvalue weighted by molar-refractivity contribution is 0.159. The van der Waals surface area contributed by atoms with Gasteiger partial charge in [0, 0.05) is 24.7 Å². The lowest BCUT2D eigenvalue weighted by atomic mass is 9.83. The SMILES string of the molecule is COc1ccc2c(c1)CCN1Cc3c(ccc(OC)c3OS(=O)(=O)c3cccc(F)c3)C[C@@H]21. The molecule has 2 aliphatic heterocycles. The summed E-state index contributed by atoms with van der Waals surface area (Å²) >= 11 is 0. The average Bonchev–Trinajstić information content (AvgIpc) is 2.82. The molecular weight excluding hydrogens is 445 g/mol. The van der Waals surface area contributed by atoms with Crippen LogP contribution in [0.4, 0.5) is 4.39 Å². The van der Waals surface area contributed by atoms with E-state index in [1.807, 2.05) is 12.1 Å². The third-order valence-electron chi connectivity index (χ3n) is 6.41. The van der Waals surface area contributed by atoms with Gasteiger partial charge in [0.25, 0.3) is 0 Å². The minimum Gasteiger partial charge on any atom is -0.497 e. The topological polar surface area (TPSA) is 65.1 Å². The van der Waals surface area contributed by atoms with Crippen LogP contribution >= 0.6 is 0 Å². The van der Waals surface area contributed by atoms with E-state index < -0.39 is 15.9 Å². The molecule has 172 valence electrons. The lowest BCUT2D eigenvalue weighted by Gasteiger charge is -2.42. The second-order valence-electron chi connectivity index (χ2n) is 8.23. The van der Waals surface area contributed by atoms with Gasteiger partial charge in [-0.25, -0.2) is 4.39 Å². The summed E-state index contributed by atoms with van der Waals surface area (Å²) in [6, 6.07) is 14.9. The van der Waals surface area contributed by atoms with E-state index in [0.29, 0.717) is 12.3 Å². The highest BCUT2D eigenvalue weighted by atomic mass is 32.2. The Bertz CT molecular complexity index is 1320. The van der Waals surface area contributed by atoms with Gasteiger partial charge in [-0.1, -0.05) is 18.2 Å². The Balaban J connectivity index is 1.53. The average molecular weight is 470 g/mol. The van der Waals surface area contributed by atoms with E-state index in [1.165, 1.54) is 36.4 Å². The summed E-state index contributed by atoms with van der Waals surface area (Å²) in [5.41, 5.74) is 4.32. The van der Waals surface area contributed by atoms with Crippen molar-refractivity contribution in [1.29, 1.82) is 0 Å². The number of hydrogen-bond acceptors (Lipinski definition) is 6. The molecule has 0 amide bonds. The number of benzene rings is 3. The number of halogens is 1. The summed E-state index contributed by atoms with van der Waals surface area (Å²) in [5.74, 6) is 0.696. The van der Waals surface area contributed by atoms with Crippen LogP contribution in [0.2, 0.25) is 0 Å². The minimum absolute atomic E-state index is 0.165. The Morgan fingerprint density at radius 3 is 2.61 bits per heavy atom. The zero-order valence-electron chi connectivity index (χ0n) is 18.4. The second-order valence-corrected chi connectivity index (χ2v) is 9.78. The fourth-order valence-corrected chi connectivity index (χ4v) is 5.75. The lowest BCUT2D eigenvalue weighted by Crippen LogP contribution is -2.39. The first-order chi connectivity index (χ1) is 15.9. The highest BCUT2D eigenvalue weighted by molar-refractivity contribution is 7.87. The summed E-state index contributed by atoms with van der Waals surface area (Å²) in [6.07, 6.45) is 1.59. The highest BCUT2D eigenvalue weighted by Crippen LogP contribution is 2.45. The van der Waals surface area contributed by atoms with E-state index in [-0.39, 0.29) is 16.7 Å². The summed E-state index contributed by atoms with van der Waals surface area (Å²) < 4.78 is 55.9. The van der Waals surface area contributed by atoms with Crippen molar-refractivity contribution >= 4 is 10.1 Å². The van der Waals surface area contributed by atoms with Crippen molar-refractivity contribution in [1.82, 2.24) is 4.90 Å². The van der Waals surface area contributed by atoms with E-state index in [2.05, 4.69) is 17.0 Å². The van der Waals surface area contributed by atoms with Crippen LogP contribution in [-0.4, -0.2) is 34.1 Å². The number of hydrogen-bond donors (Lipinski definition) is 0. The smallest absolute Gasteiger partial charge is 0.339 e. The van der Waals surface area contributed by atoms with Gasteiger partial charge in [-0.3, -0.25) is 4.90 Å². The van der Waals surface area contributed by atoms with Crippen LogP contribution in [0, 0.1) is 5.82 Å². The molecule has 5 rings (SSSR count). The fourth-order valence-electron chi connectivity index (χ4n) is 4.75. The molecule has 8 heteroatoms. The predicted octanol–water partition coefficient (Wildman–Crippen LogP) is 4.27. The Morgan fingerprint density at radius 1 is 1.00 bits per heavy atom. The van der Waals surface area contributed by atoms with Crippen LogP contribution in [0.15, 0.2) is 59.5 Å². The Hall–Kier alpha value is -3.10. The molecule has 0 N–H and O–H groups in total. The van der Waals surface area contributed by atoms with E-state index >= 15 is 0 Å². The van der Waals surface area contributed by atoms with Crippen LogP contribution < -0.4 is 13.7 Å². The van der Waals surface area contributed by atoms with Crippen LogP contribution in [0.5, 0.6) is 17.2 Å². The van der Waals surface area contributed by atoms with Gasteiger partial charge in [-0.15, -0.1) is 0 Å². The van der Waals surface area contributed by atoms with Crippen molar-refractivity contribution < 1.29 is 26.5 Å². The van der Waals surface area contributed by atoms with Crippen molar-refractivity contribution in [2.45, 2.75) is 30.3 Å².